The molecule has 3 amide bonds. The summed E-state index contributed by atoms with van der Waals surface area (Å²) < 4.78 is 32.7. The first kappa shape index (κ1) is 17.9. The Hall–Kier alpha value is -1.93. The van der Waals surface area contributed by atoms with E-state index in [4.69, 9.17) is 16.3 Å². The molecule has 25 heavy (non-hydrogen) atoms. The Bertz CT molecular complexity index is 660. The summed E-state index contributed by atoms with van der Waals surface area (Å²) in [4.78, 5) is 26.2. The number of anilines is 1. The van der Waals surface area contributed by atoms with Gasteiger partial charge in [0, 0.05) is 30.8 Å². The van der Waals surface area contributed by atoms with E-state index in [0.717, 1.165) is 25.0 Å². The van der Waals surface area contributed by atoms with Crippen molar-refractivity contribution in [1.29, 1.82) is 0 Å². The van der Waals surface area contributed by atoms with E-state index in [1.807, 2.05) is 0 Å². The van der Waals surface area contributed by atoms with Crippen LogP contribution in [0.3, 0.4) is 0 Å². The molecule has 2 fully saturated rings. The number of carbonyl (C=O) groups excluding carboxylic acids is 2. The van der Waals surface area contributed by atoms with Gasteiger partial charge in [-0.3, -0.25) is 4.79 Å². The fraction of sp³-hybridized carbons (Fsp3) is 0.500. The van der Waals surface area contributed by atoms with E-state index in [9.17, 15) is 18.4 Å². The summed E-state index contributed by atoms with van der Waals surface area (Å²) in [7, 11) is 0. The molecule has 0 bridgehead atoms. The number of halogens is 3. The van der Waals surface area contributed by atoms with Gasteiger partial charge in [-0.15, -0.1) is 0 Å². The lowest BCUT2D eigenvalue weighted by molar-refractivity contribution is -0.132. The fourth-order valence-electron chi connectivity index (χ4n) is 3.16. The normalized spacial score (nSPS) is 21.5. The predicted molar refractivity (Wildman–Crippen MR) is 87.5 cm³/mol. The number of likely N-dealkylation sites (tertiary alicyclic amines) is 1. The third-order valence-electron chi connectivity index (χ3n) is 4.42. The molecule has 2 heterocycles. The van der Waals surface area contributed by atoms with E-state index in [1.54, 1.807) is 4.90 Å². The highest BCUT2D eigenvalue weighted by atomic mass is 35.5. The Labute approximate surface area is 148 Å². The van der Waals surface area contributed by atoms with E-state index >= 15 is 0 Å². The summed E-state index contributed by atoms with van der Waals surface area (Å²) in [6, 6.07) is 0.359. The number of carbonyl (C=O) groups is 2. The predicted octanol–water partition coefficient (Wildman–Crippen LogP) is 2.52. The summed E-state index contributed by atoms with van der Waals surface area (Å²) in [5, 5.41) is 4.46. The van der Waals surface area contributed by atoms with Crippen molar-refractivity contribution in [2.24, 2.45) is 0 Å². The molecule has 1 aromatic carbocycles. The van der Waals surface area contributed by atoms with Crippen LogP contribution in [-0.4, -0.2) is 48.7 Å². The first-order chi connectivity index (χ1) is 12.0. The van der Waals surface area contributed by atoms with E-state index in [1.165, 1.54) is 0 Å². The molecule has 1 atom stereocenters. The van der Waals surface area contributed by atoms with Gasteiger partial charge in [0.05, 0.1) is 0 Å². The summed E-state index contributed by atoms with van der Waals surface area (Å²) >= 11 is 5.54. The number of rotatable bonds is 3. The highest BCUT2D eigenvalue weighted by Gasteiger charge is 2.37. The maximum atomic E-state index is 13.7. The van der Waals surface area contributed by atoms with Crippen molar-refractivity contribution in [3.63, 3.8) is 0 Å². The number of hydrogen-bond donors (Lipinski definition) is 2. The molecule has 2 aliphatic rings. The molecule has 1 aromatic rings. The molecule has 0 radical (unpaired) electrons. The Morgan fingerprint density at radius 1 is 1.20 bits per heavy atom. The van der Waals surface area contributed by atoms with Gasteiger partial charge in [0.15, 0.2) is 11.6 Å². The second kappa shape index (κ2) is 7.53. The number of hydrogen-bond acceptors (Lipinski definition) is 3. The summed E-state index contributed by atoms with van der Waals surface area (Å²) in [5.74, 6) is -2.15. The summed E-state index contributed by atoms with van der Waals surface area (Å²) in [5.41, 5.74) is -0.603. The van der Waals surface area contributed by atoms with E-state index in [2.05, 4.69) is 10.6 Å². The van der Waals surface area contributed by atoms with Gasteiger partial charge < -0.3 is 20.3 Å². The van der Waals surface area contributed by atoms with Crippen LogP contribution in [0.1, 0.15) is 19.3 Å². The van der Waals surface area contributed by atoms with Crippen LogP contribution in [0.4, 0.5) is 19.3 Å². The maximum Gasteiger partial charge on any atom is 0.320 e. The van der Waals surface area contributed by atoms with Crippen LogP contribution < -0.4 is 10.6 Å². The lowest BCUT2D eigenvalue weighted by Crippen LogP contribution is -2.47. The number of nitrogens with zero attached hydrogens (tertiary/aromatic N) is 1. The molecule has 0 spiro atoms. The lowest BCUT2D eigenvalue weighted by Gasteiger charge is -2.31. The fourth-order valence-corrected chi connectivity index (χ4v) is 3.36. The Morgan fingerprint density at radius 2 is 1.84 bits per heavy atom. The van der Waals surface area contributed by atoms with Crippen LogP contribution in [0, 0.1) is 11.6 Å². The second-order valence-corrected chi connectivity index (χ2v) is 6.50. The van der Waals surface area contributed by atoms with E-state index in [-0.39, 0.29) is 17.0 Å². The third kappa shape index (κ3) is 4.01. The van der Waals surface area contributed by atoms with Crippen LogP contribution in [0.25, 0.3) is 0 Å². The van der Waals surface area contributed by atoms with Crippen molar-refractivity contribution in [3.05, 3.63) is 28.8 Å². The second-order valence-electron chi connectivity index (χ2n) is 6.06. The van der Waals surface area contributed by atoms with Crippen molar-refractivity contribution >= 4 is 29.2 Å². The molecule has 2 aliphatic heterocycles. The highest BCUT2D eigenvalue weighted by Crippen LogP contribution is 2.24. The zero-order valence-electron chi connectivity index (χ0n) is 13.4. The zero-order valence-corrected chi connectivity index (χ0v) is 14.1. The number of benzene rings is 1. The Morgan fingerprint density at radius 3 is 2.48 bits per heavy atom. The van der Waals surface area contributed by atoms with Crippen LogP contribution in [-0.2, 0) is 9.53 Å². The zero-order chi connectivity index (χ0) is 18.0. The minimum absolute atomic E-state index is 0.112. The van der Waals surface area contributed by atoms with Crippen molar-refractivity contribution in [3.8, 4) is 0 Å². The number of nitrogens with one attached hydrogen (secondary N) is 2. The first-order valence-corrected chi connectivity index (χ1v) is 8.44. The van der Waals surface area contributed by atoms with Crippen LogP contribution in [0.15, 0.2) is 12.1 Å². The third-order valence-corrected chi connectivity index (χ3v) is 4.64. The Kier molecular flexibility index (Phi) is 5.39. The molecular formula is C16H18ClF2N3O3. The minimum atomic E-state index is -0.985. The SMILES string of the molecule is O=C(Nc1c(F)cc(Cl)cc1F)NC1CCN(C2CCOCC2)C1=O. The van der Waals surface area contributed by atoms with Crippen LogP contribution in [0.2, 0.25) is 5.02 Å². The first-order valence-electron chi connectivity index (χ1n) is 8.06. The maximum absolute atomic E-state index is 13.7. The van der Waals surface area contributed by atoms with Crippen molar-refractivity contribution < 1.29 is 23.1 Å². The largest absolute Gasteiger partial charge is 0.381 e. The van der Waals surface area contributed by atoms with Crippen LogP contribution >= 0.6 is 11.6 Å². The molecule has 136 valence electrons. The molecule has 1 unspecified atom stereocenters. The van der Waals surface area contributed by atoms with Gasteiger partial charge in [-0.2, -0.15) is 0 Å². The van der Waals surface area contributed by atoms with Gasteiger partial charge >= 0.3 is 6.03 Å². The Balaban J connectivity index is 1.59. The number of amides is 3. The molecule has 2 saturated heterocycles. The molecule has 3 rings (SSSR count). The van der Waals surface area contributed by atoms with Gasteiger partial charge in [-0.25, -0.2) is 13.6 Å². The molecule has 6 nitrogen and oxygen atoms in total. The summed E-state index contributed by atoms with van der Waals surface area (Å²) in [6.45, 7) is 1.77. The van der Waals surface area contributed by atoms with Gasteiger partial charge in [0.2, 0.25) is 5.91 Å². The topological polar surface area (TPSA) is 70.7 Å². The molecule has 9 heteroatoms. The number of urea groups is 1. The average Bonchev–Trinajstić information content (AvgIpc) is 2.92. The number of ether oxygens (including phenoxy) is 1. The smallest absolute Gasteiger partial charge is 0.320 e. The van der Waals surface area contributed by atoms with Crippen LogP contribution in [0.5, 0.6) is 0 Å². The van der Waals surface area contributed by atoms with Gasteiger partial charge in [0.25, 0.3) is 0 Å². The molecule has 0 aliphatic carbocycles. The molecule has 0 aromatic heterocycles. The van der Waals surface area contributed by atoms with E-state index in [0.29, 0.717) is 26.2 Å². The highest BCUT2D eigenvalue weighted by molar-refractivity contribution is 6.30. The van der Waals surface area contributed by atoms with Crippen molar-refractivity contribution in [1.82, 2.24) is 10.2 Å². The van der Waals surface area contributed by atoms with E-state index < -0.39 is 29.4 Å². The molecule has 0 saturated carbocycles. The lowest BCUT2D eigenvalue weighted by atomic mass is 10.1. The molecular weight excluding hydrogens is 356 g/mol. The summed E-state index contributed by atoms with van der Waals surface area (Å²) in [6.07, 6.45) is 1.99. The standard InChI is InChI=1S/C16H18ClF2N3O3/c17-9-7-11(18)14(12(19)8-9)21-16(24)20-13-1-4-22(15(13)23)10-2-5-25-6-3-10/h7-8,10,13H,1-6H2,(H2,20,21,24). The van der Waals surface area contributed by atoms with Gasteiger partial charge in [-0.05, 0) is 31.4 Å². The molecule has 2 N–H and O–H groups in total. The minimum Gasteiger partial charge on any atom is -0.381 e. The monoisotopic (exact) mass is 373 g/mol. The van der Waals surface area contributed by atoms with Crippen molar-refractivity contribution in [2.45, 2.75) is 31.3 Å². The van der Waals surface area contributed by atoms with Gasteiger partial charge in [-0.1, -0.05) is 11.6 Å². The van der Waals surface area contributed by atoms with Crippen molar-refractivity contribution in [2.75, 3.05) is 25.1 Å². The average molecular weight is 374 g/mol. The quantitative estimate of drug-likeness (QED) is 0.855. The van der Waals surface area contributed by atoms with Gasteiger partial charge in [0.1, 0.15) is 11.7 Å².